The number of H-pyrrole nitrogens is 1. The number of imidazole rings is 1. The van der Waals surface area contributed by atoms with Gasteiger partial charge in [-0.1, -0.05) is 28.1 Å². The quantitative estimate of drug-likeness (QED) is 0.729. The third kappa shape index (κ3) is 3.19. The predicted octanol–water partition coefficient (Wildman–Crippen LogP) is 4.71. The molecule has 1 aromatic heterocycles. The van der Waals surface area contributed by atoms with Crippen LogP contribution in [-0.2, 0) is 6.42 Å². The smallest absolute Gasteiger partial charge is 0.135 e. The summed E-state index contributed by atoms with van der Waals surface area (Å²) in [6, 6.07) is 11.4. The molecule has 106 valence electrons. The normalized spacial score (nSPS) is 10.8. The van der Waals surface area contributed by atoms with Crippen molar-refractivity contribution in [2.24, 2.45) is 0 Å². The lowest BCUT2D eigenvalue weighted by atomic mass is 10.1. The van der Waals surface area contributed by atoms with E-state index in [9.17, 15) is 8.78 Å². The number of rotatable bonds is 3. The van der Waals surface area contributed by atoms with Crippen molar-refractivity contribution in [3.63, 3.8) is 0 Å². The lowest BCUT2D eigenvalue weighted by Crippen LogP contribution is -1.91. The number of aromatic amines is 1. The van der Waals surface area contributed by atoms with Gasteiger partial charge in [-0.15, -0.1) is 0 Å². The van der Waals surface area contributed by atoms with Crippen LogP contribution in [0.25, 0.3) is 11.3 Å². The van der Waals surface area contributed by atoms with Gasteiger partial charge in [0, 0.05) is 22.5 Å². The maximum absolute atomic E-state index is 13.7. The lowest BCUT2D eigenvalue weighted by Gasteiger charge is -2.01. The topological polar surface area (TPSA) is 28.7 Å². The van der Waals surface area contributed by atoms with Crippen LogP contribution in [0.2, 0.25) is 0 Å². The van der Waals surface area contributed by atoms with Crippen LogP contribution in [0.1, 0.15) is 11.4 Å². The molecule has 0 aliphatic heterocycles. The van der Waals surface area contributed by atoms with E-state index in [1.54, 1.807) is 6.20 Å². The zero-order chi connectivity index (χ0) is 14.8. The summed E-state index contributed by atoms with van der Waals surface area (Å²) >= 11 is 3.38. The Hall–Kier alpha value is -2.01. The van der Waals surface area contributed by atoms with Crippen LogP contribution < -0.4 is 0 Å². The van der Waals surface area contributed by atoms with Crippen LogP contribution in [0.5, 0.6) is 0 Å². The Kier molecular flexibility index (Phi) is 3.84. The number of halogens is 3. The largest absolute Gasteiger partial charge is 0.342 e. The average Bonchev–Trinajstić information content (AvgIpc) is 2.90. The monoisotopic (exact) mass is 348 g/mol. The molecule has 0 aliphatic rings. The maximum Gasteiger partial charge on any atom is 0.135 e. The molecule has 1 heterocycles. The van der Waals surface area contributed by atoms with E-state index >= 15 is 0 Å². The van der Waals surface area contributed by atoms with Crippen molar-refractivity contribution < 1.29 is 8.78 Å². The van der Waals surface area contributed by atoms with Crippen molar-refractivity contribution in [3.05, 3.63) is 76.2 Å². The number of nitrogens with one attached hydrogen (secondary N) is 1. The van der Waals surface area contributed by atoms with Gasteiger partial charge in [0.15, 0.2) is 0 Å². The van der Waals surface area contributed by atoms with Gasteiger partial charge >= 0.3 is 0 Å². The summed E-state index contributed by atoms with van der Waals surface area (Å²) in [5.74, 6) is -0.462. The number of aromatic nitrogens is 2. The van der Waals surface area contributed by atoms with Crippen LogP contribution in [0.3, 0.4) is 0 Å². The molecule has 5 heteroatoms. The second-order valence-corrected chi connectivity index (χ2v) is 5.59. The van der Waals surface area contributed by atoms with Gasteiger partial charge in [0.05, 0.1) is 11.9 Å². The Morgan fingerprint density at radius 1 is 1.05 bits per heavy atom. The molecular formula is C16H11BrF2N2. The molecule has 0 aliphatic carbocycles. The summed E-state index contributed by atoms with van der Waals surface area (Å²) in [6.07, 6.45) is 2.18. The molecule has 0 radical (unpaired) electrons. The summed E-state index contributed by atoms with van der Waals surface area (Å²) in [5.41, 5.74) is 1.95. The molecule has 0 spiro atoms. The van der Waals surface area contributed by atoms with Crippen molar-refractivity contribution >= 4 is 15.9 Å². The third-order valence-electron chi connectivity index (χ3n) is 3.13. The molecule has 3 rings (SSSR count). The summed E-state index contributed by atoms with van der Waals surface area (Å²) in [7, 11) is 0. The van der Waals surface area contributed by atoms with Gasteiger partial charge in [-0.3, -0.25) is 0 Å². The van der Waals surface area contributed by atoms with Crippen molar-refractivity contribution in [1.82, 2.24) is 9.97 Å². The lowest BCUT2D eigenvalue weighted by molar-refractivity contribution is 0.585. The molecule has 0 atom stereocenters. The highest BCUT2D eigenvalue weighted by Crippen LogP contribution is 2.22. The number of nitrogens with zero attached hydrogens (tertiary/aromatic N) is 1. The maximum atomic E-state index is 13.7. The second-order valence-electron chi connectivity index (χ2n) is 4.67. The SMILES string of the molecule is Fc1ccc(-c2cnc(Cc3ccc(Br)cc3)[nH]2)c(F)c1. The first kappa shape index (κ1) is 13.9. The fourth-order valence-electron chi connectivity index (χ4n) is 2.09. The van der Waals surface area contributed by atoms with Crippen molar-refractivity contribution in [1.29, 1.82) is 0 Å². The average molecular weight is 349 g/mol. The predicted molar refractivity (Wildman–Crippen MR) is 80.9 cm³/mol. The number of benzene rings is 2. The molecule has 0 fully saturated rings. The molecule has 0 amide bonds. The minimum atomic E-state index is -0.603. The third-order valence-corrected chi connectivity index (χ3v) is 3.66. The van der Waals surface area contributed by atoms with E-state index in [2.05, 4.69) is 25.9 Å². The zero-order valence-electron chi connectivity index (χ0n) is 10.9. The number of hydrogen-bond donors (Lipinski definition) is 1. The van der Waals surface area contributed by atoms with E-state index < -0.39 is 11.6 Å². The van der Waals surface area contributed by atoms with E-state index in [-0.39, 0.29) is 0 Å². The Labute approximate surface area is 129 Å². The fraction of sp³-hybridized carbons (Fsp3) is 0.0625. The van der Waals surface area contributed by atoms with Crippen molar-refractivity contribution in [2.45, 2.75) is 6.42 Å². The minimum Gasteiger partial charge on any atom is -0.342 e. The highest BCUT2D eigenvalue weighted by molar-refractivity contribution is 9.10. The number of hydrogen-bond acceptors (Lipinski definition) is 1. The molecule has 2 nitrogen and oxygen atoms in total. The summed E-state index contributed by atoms with van der Waals surface area (Å²) in [6.45, 7) is 0. The molecule has 21 heavy (non-hydrogen) atoms. The fourth-order valence-corrected chi connectivity index (χ4v) is 2.36. The van der Waals surface area contributed by atoms with Gasteiger partial charge < -0.3 is 4.98 Å². The molecule has 0 saturated carbocycles. The van der Waals surface area contributed by atoms with E-state index in [0.29, 0.717) is 17.7 Å². The molecule has 1 N–H and O–H groups in total. The molecule has 0 unspecified atom stereocenters. The Morgan fingerprint density at radius 3 is 2.52 bits per heavy atom. The molecular weight excluding hydrogens is 338 g/mol. The highest BCUT2D eigenvalue weighted by atomic mass is 79.9. The van der Waals surface area contributed by atoms with Gasteiger partial charge in [-0.25, -0.2) is 13.8 Å². The van der Waals surface area contributed by atoms with Crippen molar-refractivity contribution in [2.75, 3.05) is 0 Å². The Morgan fingerprint density at radius 2 is 1.81 bits per heavy atom. The molecule has 3 aromatic rings. The summed E-state index contributed by atoms with van der Waals surface area (Å²) in [5, 5.41) is 0. The first-order chi connectivity index (χ1) is 10.1. The van der Waals surface area contributed by atoms with Crippen LogP contribution in [0.4, 0.5) is 8.78 Å². The zero-order valence-corrected chi connectivity index (χ0v) is 12.5. The molecule has 0 bridgehead atoms. The molecule has 0 saturated heterocycles. The summed E-state index contributed by atoms with van der Waals surface area (Å²) < 4.78 is 27.7. The standard InChI is InChI=1S/C16H11BrF2N2/c17-11-3-1-10(2-4-11)7-16-20-9-15(21-16)13-6-5-12(18)8-14(13)19/h1-6,8-9H,7H2,(H,20,21). The van der Waals surface area contributed by atoms with Gasteiger partial charge in [-0.2, -0.15) is 0 Å². The van der Waals surface area contributed by atoms with Gasteiger partial charge in [0.25, 0.3) is 0 Å². The molecule has 2 aromatic carbocycles. The Bertz CT molecular complexity index is 766. The highest BCUT2D eigenvalue weighted by Gasteiger charge is 2.09. The van der Waals surface area contributed by atoms with Crippen LogP contribution in [-0.4, -0.2) is 9.97 Å². The van der Waals surface area contributed by atoms with E-state index in [1.807, 2.05) is 24.3 Å². The van der Waals surface area contributed by atoms with Gasteiger partial charge in [0.1, 0.15) is 17.5 Å². The second kappa shape index (κ2) is 5.77. The van der Waals surface area contributed by atoms with Crippen molar-refractivity contribution in [3.8, 4) is 11.3 Å². The first-order valence-corrected chi connectivity index (χ1v) is 7.15. The van der Waals surface area contributed by atoms with Crippen LogP contribution in [0.15, 0.2) is 53.1 Å². The van der Waals surface area contributed by atoms with E-state index in [1.165, 1.54) is 12.1 Å². The van der Waals surface area contributed by atoms with E-state index in [0.717, 1.165) is 21.9 Å². The first-order valence-electron chi connectivity index (χ1n) is 6.35. The Balaban J connectivity index is 1.84. The minimum absolute atomic E-state index is 0.311. The van der Waals surface area contributed by atoms with Gasteiger partial charge in [-0.05, 0) is 29.8 Å². The van der Waals surface area contributed by atoms with Crippen LogP contribution in [0, 0.1) is 11.6 Å². The van der Waals surface area contributed by atoms with Crippen LogP contribution >= 0.6 is 15.9 Å². The van der Waals surface area contributed by atoms with Gasteiger partial charge in [0.2, 0.25) is 0 Å². The summed E-state index contributed by atoms with van der Waals surface area (Å²) in [4.78, 5) is 7.31. The van der Waals surface area contributed by atoms with E-state index in [4.69, 9.17) is 0 Å².